The van der Waals surface area contributed by atoms with Crippen molar-refractivity contribution >= 4 is 21.8 Å². The first-order valence-corrected chi connectivity index (χ1v) is 8.87. The standard InChI is InChI=1S/C19H16BrF2NO/c20-12-9-7-11(8-10-12)18-13-3-1-6-16(13)24-19(23-18)17-14(21)4-2-5-15(17)22/h2,4-5,7-10,13,16,18H,1,3,6H2. The smallest absolute Gasteiger partial charge is 0.223 e. The van der Waals surface area contributed by atoms with Gasteiger partial charge in [-0.1, -0.05) is 34.1 Å². The van der Waals surface area contributed by atoms with Gasteiger partial charge in [-0.05, 0) is 49.1 Å². The van der Waals surface area contributed by atoms with Crippen LogP contribution in [0.5, 0.6) is 0 Å². The molecule has 3 unspecified atom stereocenters. The number of benzene rings is 2. The SMILES string of the molecule is Fc1cccc(F)c1C1=NC(c2ccc(Br)cc2)C2CCCC2O1. The van der Waals surface area contributed by atoms with Gasteiger partial charge < -0.3 is 4.74 Å². The molecular weight excluding hydrogens is 376 g/mol. The minimum Gasteiger partial charge on any atom is -0.474 e. The van der Waals surface area contributed by atoms with Gasteiger partial charge in [0.1, 0.15) is 23.3 Å². The molecule has 0 bridgehead atoms. The van der Waals surface area contributed by atoms with E-state index in [1.54, 1.807) is 0 Å². The second-order valence-electron chi connectivity index (χ2n) is 6.28. The van der Waals surface area contributed by atoms with Crippen LogP contribution in [-0.4, -0.2) is 12.0 Å². The van der Waals surface area contributed by atoms with Crippen LogP contribution < -0.4 is 0 Å². The van der Waals surface area contributed by atoms with E-state index in [1.165, 1.54) is 18.2 Å². The lowest BCUT2D eigenvalue weighted by Crippen LogP contribution is -2.33. The Morgan fingerprint density at radius 2 is 1.71 bits per heavy atom. The molecule has 0 amide bonds. The van der Waals surface area contributed by atoms with Crippen molar-refractivity contribution in [1.82, 2.24) is 0 Å². The summed E-state index contributed by atoms with van der Waals surface area (Å²) in [5, 5.41) is 0. The molecular formula is C19H16BrF2NO. The third kappa shape index (κ3) is 2.75. The second-order valence-corrected chi connectivity index (χ2v) is 7.19. The highest BCUT2D eigenvalue weighted by Crippen LogP contribution is 2.44. The summed E-state index contributed by atoms with van der Waals surface area (Å²) < 4.78 is 35.2. The highest BCUT2D eigenvalue weighted by molar-refractivity contribution is 9.10. The topological polar surface area (TPSA) is 21.6 Å². The first-order valence-electron chi connectivity index (χ1n) is 8.08. The van der Waals surface area contributed by atoms with E-state index in [1.807, 2.05) is 24.3 Å². The quantitative estimate of drug-likeness (QED) is 0.670. The van der Waals surface area contributed by atoms with Crippen LogP contribution >= 0.6 is 15.9 Å². The van der Waals surface area contributed by atoms with E-state index in [4.69, 9.17) is 4.74 Å². The van der Waals surface area contributed by atoms with E-state index >= 15 is 0 Å². The van der Waals surface area contributed by atoms with Crippen LogP contribution in [0.3, 0.4) is 0 Å². The van der Waals surface area contributed by atoms with Crippen molar-refractivity contribution in [1.29, 1.82) is 0 Å². The van der Waals surface area contributed by atoms with Gasteiger partial charge in [-0.3, -0.25) is 0 Å². The third-order valence-corrected chi connectivity index (χ3v) is 5.35. The molecule has 2 nitrogen and oxygen atoms in total. The van der Waals surface area contributed by atoms with Crippen molar-refractivity contribution in [2.75, 3.05) is 0 Å². The summed E-state index contributed by atoms with van der Waals surface area (Å²) in [7, 11) is 0. The minimum absolute atomic E-state index is 0.0369. The van der Waals surface area contributed by atoms with Crippen LogP contribution in [0.2, 0.25) is 0 Å². The van der Waals surface area contributed by atoms with Gasteiger partial charge in [-0.25, -0.2) is 13.8 Å². The zero-order valence-electron chi connectivity index (χ0n) is 12.9. The third-order valence-electron chi connectivity index (χ3n) is 4.82. The Labute approximate surface area is 147 Å². The number of ether oxygens (including phenoxy) is 1. The number of aliphatic imine (C=N–C) groups is 1. The van der Waals surface area contributed by atoms with Gasteiger partial charge in [0.05, 0.1) is 6.04 Å². The van der Waals surface area contributed by atoms with Crippen molar-refractivity contribution in [3.63, 3.8) is 0 Å². The van der Waals surface area contributed by atoms with Crippen LogP contribution in [0.4, 0.5) is 8.78 Å². The summed E-state index contributed by atoms with van der Waals surface area (Å²) in [4.78, 5) is 4.62. The van der Waals surface area contributed by atoms with Crippen LogP contribution in [0, 0.1) is 17.6 Å². The molecule has 4 rings (SSSR count). The normalized spacial score (nSPS) is 25.8. The number of hydrogen-bond donors (Lipinski definition) is 0. The maximum Gasteiger partial charge on any atom is 0.223 e. The fourth-order valence-electron chi connectivity index (χ4n) is 3.67. The summed E-state index contributed by atoms with van der Waals surface area (Å²) in [5.41, 5.74) is 0.887. The molecule has 1 fully saturated rings. The Hall–Kier alpha value is -1.75. The molecule has 0 spiro atoms. The summed E-state index contributed by atoms with van der Waals surface area (Å²) in [6.07, 6.45) is 2.92. The van der Waals surface area contributed by atoms with Gasteiger partial charge in [-0.15, -0.1) is 0 Å². The summed E-state index contributed by atoms with van der Waals surface area (Å²) in [6.45, 7) is 0. The maximum absolute atomic E-state index is 14.2. The van der Waals surface area contributed by atoms with E-state index in [2.05, 4.69) is 20.9 Å². The molecule has 1 saturated carbocycles. The number of halogens is 3. The summed E-state index contributed by atoms with van der Waals surface area (Å²) in [5.74, 6) is -0.939. The van der Waals surface area contributed by atoms with Crippen molar-refractivity contribution in [2.24, 2.45) is 10.9 Å². The molecule has 2 aromatic carbocycles. The van der Waals surface area contributed by atoms with Crippen LogP contribution in [0.15, 0.2) is 51.9 Å². The van der Waals surface area contributed by atoms with E-state index in [0.717, 1.165) is 29.3 Å². The maximum atomic E-state index is 14.2. The molecule has 0 radical (unpaired) electrons. The van der Waals surface area contributed by atoms with Crippen molar-refractivity contribution in [2.45, 2.75) is 31.4 Å². The van der Waals surface area contributed by atoms with E-state index in [-0.39, 0.29) is 29.5 Å². The van der Waals surface area contributed by atoms with Gasteiger partial charge >= 0.3 is 0 Å². The Bertz CT molecular complexity index is 770. The van der Waals surface area contributed by atoms with Crippen LogP contribution in [0.1, 0.15) is 36.4 Å². The molecule has 1 aliphatic carbocycles. The summed E-state index contributed by atoms with van der Waals surface area (Å²) >= 11 is 3.43. The minimum atomic E-state index is -0.639. The van der Waals surface area contributed by atoms with Gasteiger partial charge in [0.2, 0.25) is 5.90 Å². The monoisotopic (exact) mass is 391 g/mol. The van der Waals surface area contributed by atoms with E-state index in [9.17, 15) is 8.78 Å². The molecule has 1 heterocycles. The predicted molar refractivity (Wildman–Crippen MR) is 92.0 cm³/mol. The highest BCUT2D eigenvalue weighted by Gasteiger charge is 2.41. The fourth-order valence-corrected chi connectivity index (χ4v) is 3.93. The molecule has 3 atom stereocenters. The average Bonchev–Trinajstić information content (AvgIpc) is 3.03. The lowest BCUT2D eigenvalue weighted by Gasteiger charge is -2.33. The Morgan fingerprint density at radius 1 is 1.00 bits per heavy atom. The van der Waals surface area contributed by atoms with Gasteiger partial charge in [0.15, 0.2) is 0 Å². The lowest BCUT2D eigenvalue weighted by molar-refractivity contribution is 0.110. The first kappa shape index (κ1) is 15.8. The van der Waals surface area contributed by atoms with Crippen molar-refractivity contribution < 1.29 is 13.5 Å². The Kier molecular flexibility index (Phi) is 4.12. The lowest BCUT2D eigenvalue weighted by atomic mass is 9.89. The van der Waals surface area contributed by atoms with Crippen molar-refractivity contribution in [3.05, 3.63) is 69.7 Å². The van der Waals surface area contributed by atoms with Gasteiger partial charge in [-0.2, -0.15) is 0 Å². The molecule has 0 N–H and O–H groups in total. The van der Waals surface area contributed by atoms with E-state index < -0.39 is 11.6 Å². The number of rotatable bonds is 2. The predicted octanol–water partition coefficient (Wildman–Crippen LogP) is 5.41. The van der Waals surface area contributed by atoms with Crippen molar-refractivity contribution in [3.8, 4) is 0 Å². The van der Waals surface area contributed by atoms with Crippen LogP contribution in [0.25, 0.3) is 0 Å². The number of hydrogen-bond acceptors (Lipinski definition) is 2. The molecule has 124 valence electrons. The highest BCUT2D eigenvalue weighted by atomic mass is 79.9. The number of nitrogens with zero attached hydrogens (tertiary/aromatic N) is 1. The molecule has 2 aliphatic rings. The molecule has 0 saturated heterocycles. The van der Waals surface area contributed by atoms with Gasteiger partial charge in [0.25, 0.3) is 0 Å². The Morgan fingerprint density at radius 3 is 2.42 bits per heavy atom. The average molecular weight is 392 g/mol. The molecule has 0 aromatic heterocycles. The fraction of sp³-hybridized carbons (Fsp3) is 0.316. The zero-order chi connectivity index (χ0) is 16.7. The molecule has 24 heavy (non-hydrogen) atoms. The molecule has 2 aromatic rings. The summed E-state index contributed by atoms with van der Waals surface area (Å²) in [6, 6.07) is 11.6. The molecule has 5 heteroatoms. The number of fused-ring (bicyclic) bond motifs is 1. The zero-order valence-corrected chi connectivity index (χ0v) is 14.5. The molecule has 1 aliphatic heterocycles. The first-order chi connectivity index (χ1) is 11.6. The van der Waals surface area contributed by atoms with Crippen LogP contribution in [-0.2, 0) is 4.74 Å². The second kappa shape index (κ2) is 6.28. The van der Waals surface area contributed by atoms with E-state index in [0.29, 0.717) is 0 Å². The Balaban J connectivity index is 1.80. The largest absolute Gasteiger partial charge is 0.474 e. The van der Waals surface area contributed by atoms with Gasteiger partial charge in [0, 0.05) is 10.4 Å².